The summed E-state index contributed by atoms with van der Waals surface area (Å²) in [7, 11) is 3.45. The lowest BCUT2D eigenvalue weighted by Crippen LogP contribution is -2.53. The van der Waals surface area contributed by atoms with Gasteiger partial charge in [0.2, 0.25) is 11.8 Å². The number of methoxy groups -OCH3 is 1. The molecule has 2 aromatic carbocycles. The molecule has 2 aliphatic rings. The molecular formula is C25H31N3O3. The lowest BCUT2D eigenvalue weighted by molar-refractivity contribution is -0.147. The molecule has 0 N–H and O–H groups in total. The lowest BCUT2D eigenvalue weighted by atomic mass is 9.83. The highest BCUT2D eigenvalue weighted by molar-refractivity contribution is 5.85. The van der Waals surface area contributed by atoms with Gasteiger partial charge in [-0.1, -0.05) is 42.5 Å². The van der Waals surface area contributed by atoms with Gasteiger partial charge >= 0.3 is 0 Å². The Hall–Kier alpha value is -2.86. The third kappa shape index (κ3) is 4.74. The Morgan fingerprint density at radius 3 is 2.32 bits per heavy atom. The second kappa shape index (κ2) is 9.52. The number of carbonyl (C=O) groups excluding carboxylic acids is 2. The predicted molar refractivity (Wildman–Crippen MR) is 120 cm³/mol. The van der Waals surface area contributed by atoms with Gasteiger partial charge in [0.15, 0.2) is 0 Å². The summed E-state index contributed by atoms with van der Waals surface area (Å²) in [6.45, 7) is 4.12. The standard InChI is InChI=1S/C25H31N3O3/c1-26-23(29)13-12-22(24(26)20-8-10-21(31-2)11-9-20)25(30)28-16-14-27(15-17-28)18-19-6-4-3-5-7-19/h3-11,22,24H,12-18H2,1-2H3. The third-order valence-electron chi connectivity index (χ3n) is 6.57. The topological polar surface area (TPSA) is 53.1 Å². The van der Waals surface area contributed by atoms with Crippen LogP contribution in [0.25, 0.3) is 0 Å². The molecule has 31 heavy (non-hydrogen) atoms. The van der Waals surface area contributed by atoms with Crippen LogP contribution in [0.3, 0.4) is 0 Å². The van der Waals surface area contributed by atoms with Gasteiger partial charge in [-0.25, -0.2) is 0 Å². The van der Waals surface area contributed by atoms with Gasteiger partial charge in [-0.05, 0) is 29.7 Å². The van der Waals surface area contributed by atoms with E-state index < -0.39 is 0 Å². The largest absolute Gasteiger partial charge is 0.497 e. The molecule has 2 unspecified atom stereocenters. The minimum Gasteiger partial charge on any atom is -0.497 e. The van der Waals surface area contributed by atoms with E-state index in [0.29, 0.717) is 12.8 Å². The summed E-state index contributed by atoms with van der Waals surface area (Å²) >= 11 is 0. The molecule has 0 saturated carbocycles. The van der Waals surface area contributed by atoms with Gasteiger partial charge in [0.25, 0.3) is 0 Å². The van der Waals surface area contributed by atoms with E-state index >= 15 is 0 Å². The summed E-state index contributed by atoms with van der Waals surface area (Å²) in [6.07, 6.45) is 1.02. The predicted octanol–water partition coefficient (Wildman–Crippen LogP) is 2.95. The highest BCUT2D eigenvalue weighted by Gasteiger charge is 2.41. The second-order valence-corrected chi connectivity index (χ2v) is 8.45. The van der Waals surface area contributed by atoms with Gasteiger partial charge in [-0.15, -0.1) is 0 Å². The first-order valence-corrected chi connectivity index (χ1v) is 11.0. The third-order valence-corrected chi connectivity index (χ3v) is 6.57. The van der Waals surface area contributed by atoms with E-state index in [2.05, 4.69) is 29.2 Å². The van der Waals surface area contributed by atoms with Crippen molar-refractivity contribution in [1.29, 1.82) is 0 Å². The van der Waals surface area contributed by atoms with Gasteiger partial charge in [0, 0.05) is 46.2 Å². The molecule has 2 aromatic rings. The first kappa shape index (κ1) is 21.4. The molecule has 2 saturated heterocycles. The molecule has 0 aliphatic carbocycles. The fraction of sp³-hybridized carbons (Fsp3) is 0.440. The number of rotatable bonds is 5. The summed E-state index contributed by atoms with van der Waals surface area (Å²) in [6, 6.07) is 17.9. The number of nitrogens with zero attached hydrogens (tertiary/aromatic N) is 3. The number of carbonyl (C=O) groups is 2. The van der Waals surface area contributed by atoms with Crippen molar-refractivity contribution in [2.75, 3.05) is 40.3 Å². The first-order chi connectivity index (χ1) is 15.1. The van der Waals surface area contributed by atoms with E-state index in [0.717, 1.165) is 44.0 Å². The van der Waals surface area contributed by atoms with Crippen LogP contribution in [-0.4, -0.2) is 66.9 Å². The van der Waals surface area contributed by atoms with Crippen molar-refractivity contribution < 1.29 is 14.3 Å². The Morgan fingerprint density at radius 2 is 1.68 bits per heavy atom. The lowest BCUT2D eigenvalue weighted by Gasteiger charge is -2.42. The van der Waals surface area contributed by atoms with E-state index in [1.807, 2.05) is 42.3 Å². The number of hydrogen-bond donors (Lipinski definition) is 0. The molecular weight excluding hydrogens is 390 g/mol. The normalized spacial score (nSPS) is 22.5. The molecule has 6 nitrogen and oxygen atoms in total. The number of benzene rings is 2. The Morgan fingerprint density at radius 1 is 1.00 bits per heavy atom. The maximum atomic E-state index is 13.5. The molecule has 4 rings (SSSR count). The smallest absolute Gasteiger partial charge is 0.228 e. The molecule has 164 valence electrons. The zero-order valence-corrected chi connectivity index (χ0v) is 18.4. The van der Waals surface area contributed by atoms with Gasteiger partial charge in [0.05, 0.1) is 19.1 Å². The van der Waals surface area contributed by atoms with Crippen LogP contribution in [0.2, 0.25) is 0 Å². The molecule has 0 bridgehead atoms. The van der Waals surface area contributed by atoms with Crippen LogP contribution in [0.15, 0.2) is 54.6 Å². The Balaban J connectivity index is 1.44. The molecule has 2 aliphatic heterocycles. The number of piperazine rings is 1. The van der Waals surface area contributed by atoms with Crippen molar-refractivity contribution in [3.8, 4) is 5.75 Å². The van der Waals surface area contributed by atoms with Crippen molar-refractivity contribution in [3.05, 3.63) is 65.7 Å². The summed E-state index contributed by atoms with van der Waals surface area (Å²) in [5.74, 6) is 0.819. The molecule has 0 radical (unpaired) electrons. The number of hydrogen-bond acceptors (Lipinski definition) is 4. The van der Waals surface area contributed by atoms with E-state index in [4.69, 9.17) is 4.74 Å². The van der Waals surface area contributed by atoms with E-state index in [1.165, 1.54) is 5.56 Å². The number of ether oxygens (including phenoxy) is 1. The number of piperidine rings is 1. The van der Waals surface area contributed by atoms with Gasteiger partial charge < -0.3 is 14.5 Å². The molecule has 2 atom stereocenters. The summed E-state index contributed by atoms with van der Waals surface area (Å²) in [5, 5.41) is 0. The van der Waals surface area contributed by atoms with Crippen LogP contribution < -0.4 is 4.74 Å². The number of amides is 2. The molecule has 0 aromatic heterocycles. The van der Waals surface area contributed by atoms with Gasteiger partial charge in [0.1, 0.15) is 5.75 Å². The highest BCUT2D eigenvalue weighted by Crippen LogP contribution is 2.37. The maximum Gasteiger partial charge on any atom is 0.228 e. The van der Waals surface area contributed by atoms with E-state index in [1.54, 1.807) is 12.0 Å². The van der Waals surface area contributed by atoms with Gasteiger partial charge in [-0.3, -0.25) is 14.5 Å². The Kier molecular flexibility index (Phi) is 6.56. The zero-order valence-electron chi connectivity index (χ0n) is 18.4. The minimum absolute atomic E-state index is 0.0950. The zero-order chi connectivity index (χ0) is 21.8. The SMILES string of the molecule is COc1ccc(C2C(C(=O)N3CCN(Cc4ccccc4)CC3)CCC(=O)N2C)cc1. The second-order valence-electron chi connectivity index (χ2n) is 8.45. The van der Waals surface area contributed by atoms with Crippen LogP contribution >= 0.6 is 0 Å². The van der Waals surface area contributed by atoms with Crippen LogP contribution in [0.4, 0.5) is 0 Å². The van der Waals surface area contributed by atoms with Crippen molar-refractivity contribution in [2.45, 2.75) is 25.4 Å². The Labute approximate surface area is 184 Å². The average molecular weight is 422 g/mol. The molecule has 0 spiro atoms. The van der Waals surface area contributed by atoms with Crippen LogP contribution in [-0.2, 0) is 16.1 Å². The first-order valence-electron chi connectivity index (χ1n) is 11.0. The van der Waals surface area contributed by atoms with Crippen molar-refractivity contribution in [2.24, 2.45) is 5.92 Å². The Bertz CT molecular complexity index is 892. The highest BCUT2D eigenvalue weighted by atomic mass is 16.5. The van der Waals surface area contributed by atoms with Crippen molar-refractivity contribution in [1.82, 2.24) is 14.7 Å². The minimum atomic E-state index is -0.234. The summed E-state index contributed by atoms with van der Waals surface area (Å²) in [4.78, 5) is 32.1. The van der Waals surface area contributed by atoms with Crippen LogP contribution in [0, 0.1) is 5.92 Å². The summed E-state index contributed by atoms with van der Waals surface area (Å²) in [5.41, 5.74) is 2.28. The molecule has 2 amide bonds. The molecule has 6 heteroatoms. The fourth-order valence-corrected chi connectivity index (χ4v) is 4.76. The average Bonchev–Trinajstić information content (AvgIpc) is 2.81. The fourth-order valence-electron chi connectivity index (χ4n) is 4.76. The number of likely N-dealkylation sites (tertiary alicyclic amines) is 1. The van der Waals surface area contributed by atoms with E-state index in [-0.39, 0.29) is 23.8 Å². The monoisotopic (exact) mass is 421 g/mol. The van der Waals surface area contributed by atoms with Crippen LogP contribution in [0.1, 0.15) is 30.0 Å². The maximum absolute atomic E-state index is 13.5. The van der Waals surface area contributed by atoms with Gasteiger partial charge in [-0.2, -0.15) is 0 Å². The van der Waals surface area contributed by atoms with E-state index in [9.17, 15) is 9.59 Å². The molecule has 2 fully saturated rings. The van der Waals surface area contributed by atoms with Crippen LogP contribution in [0.5, 0.6) is 5.75 Å². The van der Waals surface area contributed by atoms with Crippen molar-refractivity contribution >= 4 is 11.8 Å². The van der Waals surface area contributed by atoms with Crippen molar-refractivity contribution in [3.63, 3.8) is 0 Å². The molecule has 2 heterocycles. The quantitative estimate of drug-likeness (QED) is 0.745. The summed E-state index contributed by atoms with van der Waals surface area (Å²) < 4.78 is 5.27.